The van der Waals surface area contributed by atoms with E-state index in [-0.39, 0.29) is 24.2 Å². The number of amides is 2. The van der Waals surface area contributed by atoms with Gasteiger partial charge in [-0.05, 0) is 18.6 Å². The Bertz CT molecular complexity index is 521. The lowest BCUT2D eigenvalue weighted by Gasteiger charge is -2.17. The van der Waals surface area contributed by atoms with Crippen molar-refractivity contribution in [2.75, 3.05) is 31.0 Å². The van der Waals surface area contributed by atoms with E-state index >= 15 is 0 Å². The largest absolute Gasteiger partial charge is 0.497 e. The van der Waals surface area contributed by atoms with Crippen LogP contribution in [0, 0.1) is 5.92 Å². The van der Waals surface area contributed by atoms with Crippen LogP contribution in [0.2, 0.25) is 0 Å². The van der Waals surface area contributed by atoms with Gasteiger partial charge in [0.25, 0.3) is 0 Å². The first kappa shape index (κ1) is 15.6. The zero-order chi connectivity index (χ0) is 15.2. The zero-order valence-electron chi connectivity index (χ0n) is 12.0. The van der Waals surface area contributed by atoms with Crippen LogP contribution in [0.15, 0.2) is 24.3 Å². The van der Waals surface area contributed by atoms with Gasteiger partial charge in [-0.1, -0.05) is 6.07 Å². The van der Waals surface area contributed by atoms with Gasteiger partial charge in [0.1, 0.15) is 5.75 Å². The second-order valence-electron chi connectivity index (χ2n) is 4.94. The number of carbonyl (C=O) groups is 2. The first-order valence-corrected chi connectivity index (χ1v) is 7.47. The fourth-order valence-electron chi connectivity index (χ4n) is 2.33. The molecule has 1 saturated heterocycles. The monoisotopic (exact) mass is 310 g/mol. The summed E-state index contributed by atoms with van der Waals surface area (Å²) in [5, 5.41) is 2.81. The maximum Gasteiger partial charge on any atom is 0.227 e. The van der Waals surface area contributed by atoms with Crippen molar-refractivity contribution >= 4 is 29.1 Å². The summed E-state index contributed by atoms with van der Waals surface area (Å²) in [6, 6.07) is 7.29. The number of anilines is 1. The van der Waals surface area contributed by atoms with E-state index in [1.807, 2.05) is 18.2 Å². The molecule has 1 N–H and O–H groups in total. The van der Waals surface area contributed by atoms with Crippen LogP contribution in [-0.4, -0.2) is 37.9 Å². The average Bonchev–Trinajstić information content (AvgIpc) is 2.89. The number of rotatable bonds is 6. The number of nitrogens with one attached hydrogen (secondary N) is 1. The molecule has 2 amide bonds. The average molecular weight is 311 g/mol. The van der Waals surface area contributed by atoms with Gasteiger partial charge in [0, 0.05) is 37.1 Å². The summed E-state index contributed by atoms with van der Waals surface area (Å²) < 4.78 is 5.16. The molecule has 0 unspecified atom stereocenters. The summed E-state index contributed by atoms with van der Waals surface area (Å²) in [5.41, 5.74) is 0.760. The molecule has 0 aliphatic carbocycles. The van der Waals surface area contributed by atoms with E-state index < -0.39 is 0 Å². The molecular formula is C15H19ClN2O3. The van der Waals surface area contributed by atoms with Gasteiger partial charge in [0.2, 0.25) is 11.8 Å². The van der Waals surface area contributed by atoms with Gasteiger partial charge in [-0.15, -0.1) is 11.6 Å². The molecule has 1 aliphatic rings. The van der Waals surface area contributed by atoms with E-state index in [0.717, 1.165) is 12.1 Å². The van der Waals surface area contributed by atoms with E-state index in [1.165, 1.54) is 0 Å². The molecule has 0 saturated carbocycles. The Morgan fingerprint density at radius 3 is 3.05 bits per heavy atom. The van der Waals surface area contributed by atoms with Crippen LogP contribution in [0.3, 0.4) is 0 Å². The predicted molar refractivity (Wildman–Crippen MR) is 81.8 cm³/mol. The number of nitrogens with zero attached hydrogens (tertiary/aromatic N) is 1. The minimum atomic E-state index is -0.306. The zero-order valence-corrected chi connectivity index (χ0v) is 12.7. The molecule has 1 atom stereocenters. The molecule has 1 aliphatic heterocycles. The van der Waals surface area contributed by atoms with Crippen LogP contribution >= 0.6 is 11.6 Å². The summed E-state index contributed by atoms with van der Waals surface area (Å²) >= 11 is 5.57. The molecule has 1 aromatic rings. The smallest absolute Gasteiger partial charge is 0.227 e. The molecule has 1 aromatic carbocycles. The number of alkyl halides is 1. The number of halogens is 1. The lowest BCUT2D eigenvalue weighted by atomic mass is 10.1. The van der Waals surface area contributed by atoms with Crippen molar-refractivity contribution in [3.8, 4) is 5.75 Å². The van der Waals surface area contributed by atoms with Crippen molar-refractivity contribution in [1.82, 2.24) is 5.32 Å². The van der Waals surface area contributed by atoms with Crippen molar-refractivity contribution in [1.29, 1.82) is 0 Å². The van der Waals surface area contributed by atoms with E-state index in [1.54, 1.807) is 18.1 Å². The normalized spacial score (nSPS) is 17.9. The van der Waals surface area contributed by atoms with Crippen LogP contribution in [0.1, 0.15) is 12.8 Å². The third kappa shape index (κ3) is 3.88. The molecular weight excluding hydrogens is 292 g/mol. The van der Waals surface area contributed by atoms with Gasteiger partial charge in [-0.2, -0.15) is 0 Å². The molecule has 1 heterocycles. The maximum absolute atomic E-state index is 12.1. The molecule has 21 heavy (non-hydrogen) atoms. The number of benzene rings is 1. The van der Waals surface area contributed by atoms with Gasteiger partial charge in [-0.25, -0.2) is 0 Å². The van der Waals surface area contributed by atoms with Crippen LogP contribution in [0.4, 0.5) is 5.69 Å². The number of methoxy groups -OCH3 is 1. The highest BCUT2D eigenvalue weighted by molar-refractivity contribution is 6.17. The van der Waals surface area contributed by atoms with Gasteiger partial charge in [0.15, 0.2) is 0 Å². The standard InChI is InChI=1S/C15H19ClN2O3/c1-21-13-5-2-4-12(9-13)18-10-11(8-14(18)19)15(20)17-7-3-6-16/h2,4-5,9,11H,3,6-8,10H2,1H3,(H,17,20)/t11-/m0/s1. The maximum atomic E-state index is 12.1. The predicted octanol–water partition coefficient (Wildman–Crippen LogP) is 1.79. The SMILES string of the molecule is COc1cccc(N2C[C@@H](C(=O)NCCCCl)CC2=O)c1. The van der Waals surface area contributed by atoms with Gasteiger partial charge in [-0.3, -0.25) is 9.59 Å². The van der Waals surface area contributed by atoms with Crippen LogP contribution in [0.25, 0.3) is 0 Å². The Morgan fingerprint density at radius 1 is 1.52 bits per heavy atom. The minimum Gasteiger partial charge on any atom is -0.497 e. The third-order valence-electron chi connectivity index (χ3n) is 3.47. The Hall–Kier alpha value is -1.75. The van der Waals surface area contributed by atoms with Crippen LogP contribution in [0.5, 0.6) is 5.75 Å². The Balaban J connectivity index is 2.00. The molecule has 0 bridgehead atoms. The summed E-state index contributed by atoms with van der Waals surface area (Å²) in [5.74, 6) is 0.772. The highest BCUT2D eigenvalue weighted by atomic mass is 35.5. The summed E-state index contributed by atoms with van der Waals surface area (Å²) in [6.45, 7) is 0.949. The highest BCUT2D eigenvalue weighted by Crippen LogP contribution is 2.27. The summed E-state index contributed by atoms with van der Waals surface area (Å²) in [4.78, 5) is 25.7. The number of hydrogen-bond donors (Lipinski definition) is 1. The van der Waals surface area contributed by atoms with E-state index in [9.17, 15) is 9.59 Å². The number of hydrogen-bond acceptors (Lipinski definition) is 3. The molecule has 0 spiro atoms. The van der Waals surface area contributed by atoms with Crippen LogP contribution < -0.4 is 15.0 Å². The quantitative estimate of drug-likeness (QED) is 0.644. The lowest BCUT2D eigenvalue weighted by molar-refractivity contribution is -0.126. The summed E-state index contributed by atoms with van der Waals surface area (Å²) in [6.07, 6.45) is 0.970. The van der Waals surface area contributed by atoms with Crippen LogP contribution in [-0.2, 0) is 9.59 Å². The van der Waals surface area contributed by atoms with Crippen molar-refractivity contribution < 1.29 is 14.3 Å². The Morgan fingerprint density at radius 2 is 2.33 bits per heavy atom. The summed E-state index contributed by atoms with van der Waals surface area (Å²) in [7, 11) is 1.58. The van der Waals surface area contributed by atoms with Crippen molar-refractivity contribution in [3.63, 3.8) is 0 Å². The Kier molecular flexibility index (Phi) is 5.44. The fraction of sp³-hybridized carbons (Fsp3) is 0.467. The van der Waals surface area contributed by atoms with Crippen molar-refractivity contribution in [2.45, 2.75) is 12.8 Å². The minimum absolute atomic E-state index is 0.0410. The fourth-order valence-corrected chi connectivity index (χ4v) is 2.47. The Labute approximate surface area is 129 Å². The van der Waals surface area contributed by atoms with Gasteiger partial charge in [0.05, 0.1) is 13.0 Å². The first-order chi connectivity index (χ1) is 10.2. The van der Waals surface area contributed by atoms with E-state index in [0.29, 0.717) is 24.7 Å². The molecule has 1 fully saturated rings. The van der Waals surface area contributed by atoms with Crippen molar-refractivity contribution in [3.05, 3.63) is 24.3 Å². The van der Waals surface area contributed by atoms with E-state index in [2.05, 4.69) is 5.32 Å². The second kappa shape index (κ2) is 7.31. The third-order valence-corrected chi connectivity index (χ3v) is 3.74. The molecule has 6 heteroatoms. The molecule has 0 radical (unpaired) electrons. The molecule has 114 valence electrons. The first-order valence-electron chi connectivity index (χ1n) is 6.93. The van der Waals surface area contributed by atoms with Gasteiger partial charge < -0.3 is 15.0 Å². The van der Waals surface area contributed by atoms with Gasteiger partial charge >= 0.3 is 0 Å². The van der Waals surface area contributed by atoms with Crippen molar-refractivity contribution in [2.24, 2.45) is 5.92 Å². The molecule has 5 nitrogen and oxygen atoms in total. The number of carbonyl (C=O) groups excluding carboxylic acids is 2. The van der Waals surface area contributed by atoms with E-state index in [4.69, 9.17) is 16.3 Å². The second-order valence-corrected chi connectivity index (χ2v) is 5.32. The topological polar surface area (TPSA) is 58.6 Å². The number of ether oxygens (including phenoxy) is 1. The molecule has 2 rings (SSSR count). The highest BCUT2D eigenvalue weighted by Gasteiger charge is 2.35. The molecule has 0 aromatic heterocycles. The lowest BCUT2D eigenvalue weighted by Crippen LogP contribution is -2.33.